The summed E-state index contributed by atoms with van der Waals surface area (Å²) in [7, 11) is 0. The Hall–Kier alpha value is -0.0400. The van der Waals surface area contributed by atoms with Crippen LogP contribution in [0.25, 0.3) is 0 Å². The van der Waals surface area contributed by atoms with Crippen LogP contribution >= 0.6 is 0 Å². The maximum absolute atomic E-state index is 6.23. The quantitative estimate of drug-likeness (QED) is 0.585. The van der Waals surface area contributed by atoms with E-state index in [0.717, 1.165) is 17.8 Å². The molecule has 5 atom stereocenters. The molecule has 0 aromatic heterocycles. The Kier molecular flexibility index (Phi) is 1.27. The maximum atomic E-state index is 6.23. The Labute approximate surface area is 74.7 Å². The molecule has 4 aliphatic rings. The van der Waals surface area contributed by atoms with E-state index in [2.05, 4.69) is 6.92 Å². The average Bonchev–Trinajstić information content (AvgIpc) is 1.96. The van der Waals surface area contributed by atoms with E-state index in [0.29, 0.717) is 11.5 Å². The van der Waals surface area contributed by atoms with Gasteiger partial charge in [0, 0.05) is 6.04 Å². The molecule has 4 rings (SSSR count). The molecule has 1 heteroatoms. The lowest BCUT2D eigenvalue weighted by atomic mass is 9.49. The van der Waals surface area contributed by atoms with Crippen molar-refractivity contribution in [2.45, 2.75) is 45.1 Å². The molecule has 2 unspecified atom stereocenters. The number of nitrogens with two attached hydrogens (primary N) is 1. The fourth-order valence-electron chi connectivity index (χ4n) is 4.47. The smallest absolute Gasteiger partial charge is 0.00962 e. The van der Waals surface area contributed by atoms with Gasteiger partial charge in [-0.1, -0.05) is 6.92 Å². The minimum Gasteiger partial charge on any atom is -0.327 e. The summed E-state index contributed by atoms with van der Waals surface area (Å²) in [5, 5.41) is 0. The first-order valence-electron chi connectivity index (χ1n) is 5.42. The van der Waals surface area contributed by atoms with Crippen LogP contribution in [0.4, 0.5) is 0 Å². The van der Waals surface area contributed by atoms with E-state index in [9.17, 15) is 0 Å². The van der Waals surface area contributed by atoms with Gasteiger partial charge in [0.1, 0.15) is 0 Å². The summed E-state index contributed by atoms with van der Waals surface area (Å²) in [6, 6.07) is 0.564. The predicted octanol–water partition coefficient (Wildman–Crippen LogP) is 2.16. The molecule has 4 saturated carbocycles. The molecule has 0 aliphatic heterocycles. The van der Waals surface area contributed by atoms with Gasteiger partial charge in [-0.25, -0.2) is 0 Å². The van der Waals surface area contributed by atoms with Gasteiger partial charge in [0.05, 0.1) is 0 Å². The largest absolute Gasteiger partial charge is 0.327 e. The second kappa shape index (κ2) is 2.06. The van der Waals surface area contributed by atoms with Crippen LogP contribution in [0.1, 0.15) is 39.0 Å². The molecular weight excluding hydrogens is 146 g/mol. The van der Waals surface area contributed by atoms with Crippen molar-refractivity contribution >= 4 is 0 Å². The van der Waals surface area contributed by atoms with Crippen LogP contribution in [0, 0.1) is 23.2 Å². The van der Waals surface area contributed by atoms with Crippen molar-refractivity contribution < 1.29 is 0 Å². The van der Waals surface area contributed by atoms with Crippen molar-refractivity contribution in [3.63, 3.8) is 0 Å². The molecule has 68 valence electrons. The highest BCUT2D eigenvalue weighted by Crippen LogP contribution is 2.59. The summed E-state index contributed by atoms with van der Waals surface area (Å²) in [6.07, 6.45) is 7.27. The van der Waals surface area contributed by atoms with Crippen LogP contribution < -0.4 is 5.73 Å². The first-order valence-corrected chi connectivity index (χ1v) is 5.42. The molecule has 0 aromatic rings. The van der Waals surface area contributed by atoms with Gasteiger partial charge >= 0.3 is 0 Å². The predicted molar refractivity (Wildman–Crippen MR) is 49.6 cm³/mol. The van der Waals surface area contributed by atoms with Gasteiger partial charge < -0.3 is 5.73 Å². The van der Waals surface area contributed by atoms with Crippen LogP contribution in [0.5, 0.6) is 0 Å². The van der Waals surface area contributed by atoms with Gasteiger partial charge in [0.15, 0.2) is 0 Å². The van der Waals surface area contributed by atoms with Crippen LogP contribution in [0.3, 0.4) is 0 Å². The molecule has 0 saturated heterocycles. The second-order valence-corrected chi connectivity index (χ2v) is 5.86. The molecule has 0 aromatic carbocycles. The molecule has 0 radical (unpaired) electrons. The molecule has 0 amide bonds. The maximum Gasteiger partial charge on any atom is 0.00962 e. The van der Waals surface area contributed by atoms with E-state index in [1.165, 1.54) is 32.1 Å². The minimum atomic E-state index is 0.564. The molecule has 4 aliphatic carbocycles. The summed E-state index contributed by atoms with van der Waals surface area (Å²) in [6.45, 7) is 2.49. The first-order chi connectivity index (χ1) is 5.66. The van der Waals surface area contributed by atoms with E-state index >= 15 is 0 Å². The highest BCUT2D eigenvalue weighted by molar-refractivity contribution is 5.04. The molecule has 12 heavy (non-hydrogen) atoms. The van der Waals surface area contributed by atoms with Crippen molar-refractivity contribution in [2.24, 2.45) is 28.9 Å². The Morgan fingerprint density at radius 3 is 2.17 bits per heavy atom. The lowest BCUT2D eigenvalue weighted by Crippen LogP contribution is -2.55. The van der Waals surface area contributed by atoms with Crippen molar-refractivity contribution in [1.29, 1.82) is 0 Å². The normalized spacial score (nSPS) is 62.5. The lowest BCUT2D eigenvalue weighted by molar-refractivity contribution is -0.0561. The zero-order valence-corrected chi connectivity index (χ0v) is 7.92. The molecule has 2 N–H and O–H groups in total. The number of hydrogen-bond acceptors (Lipinski definition) is 1. The number of hydrogen-bond donors (Lipinski definition) is 1. The van der Waals surface area contributed by atoms with Crippen LogP contribution in [-0.4, -0.2) is 6.04 Å². The average molecular weight is 165 g/mol. The molecular formula is C11H19N. The molecule has 0 spiro atoms. The van der Waals surface area contributed by atoms with Crippen molar-refractivity contribution in [3.8, 4) is 0 Å². The third-order valence-corrected chi connectivity index (χ3v) is 4.65. The Morgan fingerprint density at radius 2 is 1.67 bits per heavy atom. The van der Waals surface area contributed by atoms with Crippen LogP contribution in [0.15, 0.2) is 0 Å². The summed E-state index contributed by atoms with van der Waals surface area (Å²) in [5.41, 5.74) is 6.93. The lowest BCUT2D eigenvalue weighted by Gasteiger charge is -2.58. The third kappa shape index (κ3) is 0.834. The highest BCUT2D eigenvalue weighted by atomic mass is 14.7. The van der Waals surface area contributed by atoms with E-state index < -0.39 is 0 Å². The van der Waals surface area contributed by atoms with E-state index in [-0.39, 0.29) is 0 Å². The van der Waals surface area contributed by atoms with Crippen LogP contribution in [-0.2, 0) is 0 Å². The van der Waals surface area contributed by atoms with Gasteiger partial charge in [-0.05, 0) is 55.3 Å². The van der Waals surface area contributed by atoms with E-state index in [1.54, 1.807) is 0 Å². The fraction of sp³-hybridized carbons (Fsp3) is 1.00. The third-order valence-electron chi connectivity index (χ3n) is 4.65. The molecule has 4 bridgehead atoms. The Bertz CT molecular complexity index is 195. The topological polar surface area (TPSA) is 26.0 Å². The summed E-state index contributed by atoms with van der Waals surface area (Å²) < 4.78 is 0. The van der Waals surface area contributed by atoms with E-state index in [4.69, 9.17) is 5.73 Å². The fourth-order valence-corrected chi connectivity index (χ4v) is 4.47. The van der Waals surface area contributed by atoms with Gasteiger partial charge in [-0.15, -0.1) is 0 Å². The van der Waals surface area contributed by atoms with Gasteiger partial charge in [0.2, 0.25) is 0 Å². The minimum absolute atomic E-state index is 0.564. The van der Waals surface area contributed by atoms with Gasteiger partial charge in [0.25, 0.3) is 0 Å². The highest BCUT2D eigenvalue weighted by Gasteiger charge is 2.51. The summed E-state index contributed by atoms with van der Waals surface area (Å²) in [5.74, 6) is 2.83. The van der Waals surface area contributed by atoms with Gasteiger partial charge in [-0.3, -0.25) is 0 Å². The first kappa shape index (κ1) is 7.37. The van der Waals surface area contributed by atoms with Crippen molar-refractivity contribution in [3.05, 3.63) is 0 Å². The standard InChI is InChI=1S/C11H19N/c1-11-4-7-2-8(5-11)10(12)9(3-7)6-11/h7-10H,2-6,12H2,1H3/t7?,8-,9+,10?,11+. The zero-order valence-electron chi connectivity index (χ0n) is 7.92. The molecule has 4 fully saturated rings. The summed E-state index contributed by atoms with van der Waals surface area (Å²) in [4.78, 5) is 0. The summed E-state index contributed by atoms with van der Waals surface area (Å²) >= 11 is 0. The van der Waals surface area contributed by atoms with Crippen molar-refractivity contribution in [2.75, 3.05) is 0 Å². The number of rotatable bonds is 0. The van der Waals surface area contributed by atoms with Crippen molar-refractivity contribution in [1.82, 2.24) is 0 Å². The molecule has 1 nitrogen and oxygen atoms in total. The Balaban J connectivity index is 1.95. The second-order valence-electron chi connectivity index (χ2n) is 5.86. The SMILES string of the molecule is C[C@]12CC3C[C@H](C1)C(N)[C@@H](C3)C2. The Morgan fingerprint density at radius 1 is 1.08 bits per heavy atom. The van der Waals surface area contributed by atoms with E-state index in [1.807, 2.05) is 0 Å². The monoisotopic (exact) mass is 165 g/mol. The molecule has 0 heterocycles. The van der Waals surface area contributed by atoms with Crippen LogP contribution in [0.2, 0.25) is 0 Å². The van der Waals surface area contributed by atoms with Gasteiger partial charge in [-0.2, -0.15) is 0 Å². The zero-order chi connectivity index (χ0) is 8.34.